The first-order chi connectivity index (χ1) is 12.1. The molecule has 0 spiro atoms. The van der Waals surface area contributed by atoms with E-state index in [-0.39, 0.29) is 23.7 Å². The molecule has 2 aliphatic rings. The lowest BCUT2D eigenvalue weighted by molar-refractivity contribution is -0.137. The molecule has 136 valence electrons. The number of hydrogen-bond acceptors (Lipinski definition) is 4. The SMILES string of the molecule is CC(=O)N(C1CCOCC1)C1CCCN(C(=O)c2ncccc2F)C1. The van der Waals surface area contributed by atoms with Crippen molar-refractivity contribution in [2.75, 3.05) is 26.3 Å². The van der Waals surface area contributed by atoms with Gasteiger partial charge in [0.05, 0.1) is 0 Å². The first kappa shape index (κ1) is 17.8. The highest BCUT2D eigenvalue weighted by Gasteiger charge is 2.35. The maximum atomic E-state index is 13.9. The summed E-state index contributed by atoms with van der Waals surface area (Å²) in [6.45, 7) is 3.87. The number of piperidine rings is 1. The second kappa shape index (κ2) is 7.91. The molecule has 0 bridgehead atoms. The van der Waals surface area contributed by atoms with Crippen LogP contribution in [-0.4, -0.2) is 65.0 Å². The third-order valence-electron chi connectivity index (χ3n) is 4.99. The van der Waals surface area contributed by atoms with Crippen LogP contribution < -0.4 is 0 Å². The van der Waals surface area contributed by atoms with Crippen LogP contribution in [0.4, 0.5) is 4.39 Å². The first-order valence-corrected chi connectivity index (χ1v) is 8.84. The fraction of sp³-hybridized carbons (Fsp3) is 0.611. The minimum atomic E-state index is -0.609. The van der Waals surface area contributed by atoms with E-state index < -0.39 is 11.7 Å². The highest BCUT2D eigenvalue weighted by atomic mass is 19.1. The van der Waals surface area contributed by atoms with E-state index in [0.29, 0.717) is 26.3 Å². The Hall–Kier alpha value is -2.02. The van der Waals surface area contributed by atoms with Crippen LogP contribution in [0.15, 0.2) is 18.3 Å². The summed E-state index contributed by atoms with van der Waals surface area (Å²) in [5.74, 6) is -0.990. The van der Waals surface area contributed by atoms with Gasteiger partial charge in [0.2, 0.25) is 5.91 Å². The molecule has 0 saturated carbocycles. The minimum Gasteiger partial charge on any atom is -0.381 e. The molecule has 25 heavy (non-hydrogen) atoms. The summed E-state index contributed by atoms with van der Waals surface area (Å²) in [6, 6.07) is 2.82. The molecule has 2 aliphatic heterocycles. The van der Waals surface area contributed by atoms with Crippen molar-refractivity contribution < 1.29 is 18.7 Å². The number of carbonyl (C=O) groups is 2. The van der Waals surface area contributed by atoms with Crippen LogP contribution in [-0.2, 0) is 9.53 Å². The molecule has 0 aromatic carbocycles. The number of ether oxygens (including phenoxy) is 1. The molecule has 3 rings (SSSR count). The Morgan fingerprint density at radius 1 is 1.28 bits per heavy atom. The molecule has 1 atom stereocenters. The molecule has 2 fully saturated rings. The third kappa shape index (κ3) is 3.98. The van der Waals surface area contributed by atoms with E-state index in [1.54, 1.807) is 11.8 Å². The van der Waals surface area contributed by atoms with E-state index in [4.69, 9.17) is 4.74 Å². The van der Waals surface area contributed by atoms with Crippen molar-refractivity contribution in [2.45, 2.75) is 44.7 Å². The molecule has 3 heterocycles. The maximum Gasteiger partial charge on any atom is 0.275 e. The lowest BCUT2D eigenvalue weighted by Gasteiger charge is -2.43. The van der Waals surface area contributed by atoms with E-state index in [2.05, 4.69) is 4.98 Å². The van der Waals surface area contributed by atoms with Crippen molar-refractivity contribution in [3.05, 3.63) is 29.8 Å². The maximum absolute atomic E-state index is 13.9. The lowest BCUT2D eigenvalue weighted by Crippen LogP contribution is -2.55. The highest BCUT2D eigenvalue weighted by Crippen LogP contribution is 2.24. The van der Waals surface area contributed by atoms with Crippen molar-refractivity contribution in [1.29, 1.82) is 0 Å². The average Bonchev–Trinajstić information content (AvgIpc) is 2.63. The van der Waals surface area contributed by atoms with Crippen LogP contribution in [0.25, 0.3) is 0 Å². The number of pyridine rings is 1. The van der Waals surface area contributed by atoms with E-state index in [1.807, 2.05) is 4.90 Å². The molecule has 0 N–H and O–H groups in total. The Kier molecular flexibility index (Phi) is 5.63. The van der Waals surface area contributed by atoms with Gasteiger partial charge in [-0.15, -0.1) is 0 Å². The summed E-state index contributed by atoms with van der Waals surface area (Å²) in [6.07, 6.45) is 4.70. The van der Waals surface area contributed by atoms with Gasteiger partial charge in [-0.25, -0.2) is 9.37 Å². The smallest absolute Gasteiger partial charge is 0.275 e. The highest BCUT2D eigenvalue weighted by molar-refractivity contribution is 5.92. The molecule has 0 radical (unpaired) electrons. The van der Waals surface area contributed by atoms with Crippen LogP contribution in [0.5, 0.6) is 0 Å². The molecule has 1 aromatic heterocycles. The van der Waals surface area contributed by atoms with Crippen LogP contribution in [0.1, 0.15) is 43.1 Å². The Morgan fingerprint density at radius 3 is 2.72 bits per heavy atom. The summed E-state index contributed by atoms with van der Waals surface area (Å²) in [7, 11) is 0. The van der Waals surface area contributed by atoms with Crippen molar-refractivity contribution in [3.63, 3.8) is 0 Å². The van der Waals surface area contributed by atoms with E-state index >= 15 is 0 Å². The van der Waals surface area contributed by atoms with Gasteiger partial charge in [0, 0.05) is 51.5 Å². The van der Waals surface area contributed by atoms with Gasteiger partial charge in [-0.1, -0.05) is 0 Å². The Bertz CT molecular complexity index is 634. The Labute approximate surface area is 147 Å². The predicted octanol–water partition coefficient (Wildman–Crippen LogP) is 1.85. The number of rotatable bonds is 3. The fourth-order valence-corrected chi connectivity index (χ4v) is 3.83. The normalized spacial score (nSPS) is 21.8. The largest absolute Gasteiger partial charge is 0.381 e. The predicted molar refractivity (Wildman–Crippen MR) is 89.5 cm³/mol. The number of likely N-dealkylation sites (tertiary alicyclic amines) is 1. The molecule has 6 nitrogen and oxygen atoms in total. The van der Waals surface area contributed by atoms with Gasteiger partial charge >= 0.3 is 0 Å². The summed E-state index contributed by atoms with van der Waals surface area (Å²) < 4.78 is 19.3. The van der Waals surface area contributed by atoms with Crippen LogP contribution in [0.2, 0.25) is 0 Å². The fourth-order valence-electron chi connectivity index (χ4n) is 3.83. The van der Waals surface area contributed by atoms with E-state index in [1.165, 1.54) is 18.3 Å². The zero-order valence-corrected chi connectivity index (χ0v) is 14.5. The molecule has 1 aromatic rings. The summed E-state index contributed by atoms with van der Waals surface area (Å²) in [4.78, 5) is 32.3. The van der Waals surface area contributed by atoms with Crippen LogP contribution in [0.3, 0.4) is 0 Å². The van der Waals surface area contributed by atoms with E-state index in [9.17, 15) is 14.0 Å². The standard InChI is InChI=1S/C18H24FN3O3/c1-13(23)22(14-6-10-25-11-7-14)15-4-3-9-21(12-15)18(24)17-16(19)5-2-8-20-17/h2,5,8,14-15H,3-4,6-7,9-12H2,1H3. The van der Waals surface area contributed by atoms with Gasteiger partial charge in [0.1, 0.15) is 0 Å². The number of halogens is 1. The van der Waals surface area contributed by atoms with Crippen molar-refractivity contribution in [3.8, 4) is 0 Å². The van der Waals surface area contributed by atoms with Gasteiger partial charge in [-0.3, -0.25) is 9.59 Å². The molecule has 0 aliphatic carbocycles. The summed E-state index contributed by atoms with van der Waals surface area (Å²) in [5.41, 5.74) is -0.149. The lowest BCUT2D eigenvalue weighted by atomic mass is 9.98. The average molecular weight is 349 g/mol. The summed E-state index contributed by atoms with van der Waals surface area (Å²) in [5, 5.41) is 0. The zero-order chi connectivity index (χ0) is 17.8. The quantitative estimate of drug-likeness (QED) is 0.836. The molecular formula is C18H24FN3O3. The minimum absolute atomic E-state index is 0.0233. The molecular weight excluding hydrogens is 325 g/mol. The molecule has 7 heteroatoms. The topological polar surface area (TPSA) is 62.7 Å². The van der Waals surface area contributed by atoms with Gasteiger partial charge in [-0.05, 0) is 37.8 Å². The second-order valence-electron chi connectivity index (χ2n) is 6.65. The monoisotopic (exact) mass is 349 g/mol. The van der Waals surface area contributed by atoms with E-state index in [0.717, 1.165) is 25.7 Å². The van der Waals surface area contributed by atoms with Crippen molar-refractivity contribution in [2.24, 2.45) is 0 Å². The Morgan fingerprint density at radius 2 is 2.04 bits per heavy atom. The molecule has 1 unspecified atom stereocenters. The van der Waals surface area contributed by atoms with Gasteiger partial charge < -0.3 is 14.5 Å². The first-order valence-electron chi connectivity index (χ1n) is 8.84. The van der Waals surface area contributed by atoms with Crippen molar-refractivity contribution in [1.82, 2.24) is 14.8 Å². The number of nitrogens with zero attached hydrogens (tertiary/aromatic N) is 3. The third-order valence-corrected chi connectivity index (χ3v) is 4.99. The second-order valence-corrected chi connectivity index (χ2v) is 6.65. The van der Waals surface area contributed by atoms with Crippen molar-refractivity contribution >= 4 is 11.8 Å². The number of hydrogen-bond donors (Lipinski definition) is 0. The van der Waals surface area contributed by atoms with Crippen LogP contribution >= 0.6 is 0 Å². The van der Waals surface area contributed by atoms with Gasteiger partial charge in [0.15, 0.2) is 11.5 Å². The van der Waals surface area contributed by atoms with Gasteiger partial charge in [-0.2, -0.15) is 0 Å². The van der Waals surface area contributed by atoms with Crippen LogP contribution in [0, 0.1) is 5.82 Å². The van der Waals surface area contributed by atoms with Gasteiger partial charge in [0.25, 0.3) is 5.91 Å². The molecule has 2 saturated heterocycles. The zero-order valence-electron chi connectivity index (χ0n) is 14.5. The number of carbonyl (C=O) groups excluding carboxylic acids is 2. The number of amides is 2. The molecule has 2 amide bonds. The Balaban J connectivity index is 1.74. The number of aromatic nitrogens is 1. The summed E-state index contributed by atoms with van der Waals surface area (Å²) >= 11 is 0.